The summed E-state index contributed by atoms with van der Waals surface area (Å²) in [6.45, 7) is 11.0. The molecule has 2 rings (SSSR count). The minimum Gasteiger partial charge on any atom is -0.313 e. The summed E-state index contributed by atoms with van der Waals surface area (Å²) < 4.78 is 0. The Labute approximate surface area is 107 Å². The van der Waals surface area contributed by atoms with Gasteiger partial charge in [0.05, 0.1) is 0 Å². The molecule has 0 radical (unpaired) electrons. The van der Waals surface area contributed by atoms with Crippen molar-refractivity contribution in [2.24, 2.45) is 11.8 Å². The lowest BCUT2D eigenvalue weighted by molar-refractivity contribution is 0.162. The summed E-state index contributed by atoms with van der Waals surface area (Å²) in [5, 5.41) is 3.73. The Morgan fingerprint density at radius 1 is 1.29 bits per heavy atom. The van der Waals surface area contributed by atoms with Gasteiger partial charge in [-0.2, -0.15) is 0 Å². The van der Waals surface area contributed by atoms with Crippen LogP contribution < -0.4 is 5.32 Å². The van der Waals surface area contributed by atoms with Crippen molar-refractivity contribution in [3.05, 3.63) is 0 Å². The molecule has 0 aromatic rings. The third-order valence-electron chi connectivity index (χ3n) is 4.82. The number of hydrogen-bond donors (Lipinski definition) is 1. The summed E-state index contributed by atoms with van der Waals surface area (Å²) in [5.74, 6) is 1.80. The first-order valence-corrected chi connectivity index (χ1v) is 7.68. The van der Waals surface area contributed by atoms with Crippen LogP contribution in [0.3, 0.4) is 0 Å². The van der Waals surface area contributed by atoms with Gasteiger partial charge < -0.3 is 5.32 Å². The predicted molar refractivity (Wildman–Crippen MR) is 74.2 cm³/mol. The summed E-state index contributed by atoms with van der Waals surface area (Å²) in [7, 11) is 0. The van der Waals surface area contributed by atoms with Crippen molar-refractivity contribution < 1.29 is 0 Å². The maximum absolute atomic E-state index is 3.73. The molecule has 0 spiro atoms. The van der Waals surface area contributed by atoms with Crippen molar-refractivity contribution in [3.63, 3.8) is 0 Å². The molecule has 100 valence electrons. The second kappa shape index (κ2) is 6.19. The SMILES string of the molecule is CCC1CCNC(CN2CCCC2C(C)C)C1. The molecule has 3 atom stereocenters. The monoisotopic (exact) mass is 238 g/mol. The topological polar surface area (TPSA) is 15.3 Å². The van der Waals surface area contributed by atoms with Crippen molar-refractivity contribution in [2.45, 2.75) is 65.0 Å². The van der Waals surface area contributed by atoms with Crippen LogP contribution in [0.2, 0.25) is 0 Å². The summed E-state index contributed by atoms with van der Waals surface area (Å²) in [5.41, 5.74) is 0. The van der Waals surface area contributed by atoms with Crippen LogP contribution in [0, 0.1) is 11.8 Å². The van der Waals surface area contributed by atoms with Crippen molar-refractivity contribution in [1.29, 1.82) is 0 Å². The molecule has 2 aliphatic heterocycles. The standard InChI is InChI=1S/C15H30N2/c1-4-13-7-8-16-14(10-13)11-17-9-5-6-15(17)12(2)3/h12-16H,4-11H2,1-3H3. The zero-order valence-electron chi connectivity index (χ0n) is 11.9. The fourth-order valence-corrected chi connectivity index (χ4v) is 3.72. The van der Waals surface area contributed by atoms with Gasteiger partial charge in [-0.3, -0.25) is 4.90 Å². The third kappa shape index (κ3) is 3.45. The van der Waals surface area contributed by atoms with E-state index in [0.717, 1.165) is 23.9 Å². The van der Waals surface area contributed by atoms with Crippen molar-refractivity contribution in [3.8, 4) is 0 Å². The maximum Gasteiger partial charge on any atom is 0.0197 e. The fourth-order valence-electron chi connectivity index (χ4n) is 3.72. The van der Waals surface area contributed by atoms with E-state index in [1.165, 1.54) is 51.7 Å². The van der Waals surface area contributed by atoms with Gasteiger partial charge in [0.1, 0.15) is 0 Å². The van der Waals surface area contributed by atoms with E-state index < -0.39 is 0 Å². The number of piperidine rings is 1. The quantitative estimate of drug-likeness (QED) is 0.810. The molecule has 0 aliphatic carbocycles. The molecule has 0 saturated carbocycles. The van der Waals surface area contributed by atoms with Crippen molar-refractivity contribution >= 4 is 0 Å². The van der Waals surface area contributed by atoms with Crippen LogP contribution >= 0.6 is 0 Å². The molecule has 2 aliphatic rings. The summed E-state index contributed by atoms with van der Waals surface area (Å²) in [6, 6.07) is 1.60. The Balaban J connectivity index is 1.83. The molecule has 1 N–H and O–H groups in total. The number of hydrogen-bond acceptors (Lipinski definition) is 2. The number of likely N-dealkylation sites (tertiary alicyclic amines) is 1. The normalized spacial score (nSPS) is 35.6. The highest BCUT2D eigenvalue weighted by Gasteiger charge is 2.30. The smallest absolute Gasteiger partial charge is 0.0197 e. The Hall–Kier alpha value is -0.0800. The van der Waals surface area contributed by atoms with Crippen LogP contribution in [0.25, 0.3) is 0 Å². The van der Waals surface area contributed by atoms with Gasteiger partial charge >= 0.3 is 0 Å². The fraction of sp³-hybridized carbons (Fsp3) is 1.00. The number of nitrogens with zero attached hydrogens (tertiary/aromatic N) is 1. The predicted octanol–water partition coefficient (Wildman–Crippen LogP) is 2.89. The lowest BCUT2D eigenvalue weighted by atomic mass is 9.90. The summed E-state index contributed by atoms with van der Waals surface area (Å²) >= 11 is 0. The van der Waals surface area contributed by atoms with Crippen LogP contribution in [-0.2, 0) is 0 Å². The van der Waals surface area contributed by atoms with Gasteiger partial charge in [-0.15, -0.1) is 0 Å². The van der Waals surface area contributed by atoms with Gasteiger partial charge in [0.2, 0.25) is 0 Å². The van der Waals surface area contributed by atoms with Crippen LogP contribution in [0.5, 0.6) is 0 Å². The second-order valence-electron chi connectivity index (χ2n) is 6.40. The maximum atomic E-state index is 3.73. The largest absolute Gasteiger partial charge is 0.313 e. The summed E-state index contributed by atoms with van der Waals surface area (Å²) in [4.78, 5) is 2.75. The van der Waals surface area contributed by atoms with Crippen LogP contribution in [0.1, 0.15) is 52.9 Å². The molecule has 2 nitrogen and oxygen atoms in total. The van der Waals surface area contributed by atoms with E-state index >= 15 is 0 Å². The number of nitrogens with one attached hydrogen (secondary N) is 1. The van der Waals surface area contributed by atoms with E-state index in [0.29, 0.717) is 0 Å². The molecule has 2 fully saturated rings. The van der Waals surface area contributed by atoms with Gasteiger partial charge in [-0.1, -0.05) is 27.2 Å². The highest BCUT2D eigenvalue weighted by Crippen LogP contribution is 2.26. The van der Waals surface area contributed by atoms with Gasteiger partial charge in [0.15, 0.2) is 0 Å². The Kier molecular flexibility index (Phi) is 4.87. The average Bonchev–Trinajstić information content (AvgIpc) is 2.77. The van der Waals surface area contributed by atoms with E-state index in [9.17, 15) is 0 Å². The Bertz CT molecular complexity index is 227. The minimum absolute atomic E-state index is 0.757. The van der Waals surface area contributed by atoms with Gasteiger partial charge in [0, 0.05) is 18.6 Å². The molecule has 0 aromatic heterocycles. The molecule has 2 saturated heterocycles. The Morgan fingerprint density at radius 2 is 2.12 bits per heavy atom. The highest BCUT2D eigenvalue weighted by molar-refractivity contribution is 4.87. The molecule has 0 bridgehead atoms. The molecule has 17 heavy (non-hydrogen) atoms. The lowest BCUT2D eigenvalue weighted by Crippen LogP contribution is -2.48. The molecule has 3 unspecified atom stereocenters. The highest BCUT2D eigenvalue weighted by atomic mass is 15.2. The van der Waals surface area contributed by atoms with Crippen molar-refractivity contribution in [1.82, 2.24) is 10.2 Å². The van der Waals surface area contributed by atoms with Gasteiger partial charge in [-0.25, -0.2) is 0 Å². The molecule has 2 heterocycles. The number of rotatable bonds is 4. The van der Waals surface area contributed by atoms with Gasteiger partial charge in [0.25, 0.3) is 0 Å². The van der Waals surface area contributed by atoms with E-state index in [4.69, 9.17) is 0 Å². The average molecular weight is 238 g/mol. The van der Waals surface area contributed by atoms with Crippen LogP contribution in [0.4, 0.5) is 0 Å². The zero-order chi connectivity index (χ0) is 12.3. The lowest BCUT2D eigenvalue weighted by Gasteiger charge is -2.35. The van der Waals surface area contributed by atoms with Crippen LogP contribution in [-0.4, -0.2) is 36.6 Å². The summed E-state index contributed by atoms with van der Waals surface area (Å²) in [6.07, 6.45) is 6.98. The molecule has 2 heteroatoms. The Morgan fingerprint density at radius 3 is 2.82 bits per heavy atom. The first-order chi connectivity index (χ1) is 8.20. The zero-order valence-corrected chi connectivity index (χ0v) is 11.9. The van der Waals surface area contributed by atoms with Crippen molar-refractivity contribution in [2.75, 3.05) is 19.6 Å². The molecular weight excluding hydrogens is 208 g/mol. The first kappa shape index (κ1) is 13.4. The van der Waals surface area contributed by atoms with E-state index in [-0.39, 0.29) is 0 Å². The molecular formula is C15H30N2. The molecule has 0 aromatic carbocycles. The van der Waals surface area contributed by atoms with Crippen LogP contribution in [0.15, 0.2) is 0 Å². The third-order valence-corrected chi connectivity index (χ3v) is 4.82. The molecule has 0 amide bonds. The van der Waals surface area contributed by atoms with E-state index in [1.807, 2.05) is 0 Å². The first-order valence-electron chi connectivity index (χ1n) is 7.68. The second-order valence-corrected chi connectivity index (χ2v) is 6.40. The van der Waals surface area contributed by atoms with E-state index in [2.05, 4.69) is 31.0 Å². The van der Waals surface area contributed by atoms with Gasteiger partial charge in [-0.05, 0) is 50.6 Å². The van der Waals surface area contributed by atoms with E-state index in [1.54, 1.807) is 0 Å². The minimum atomic E-state index is 0.757.